The van der Waals surface area contributed by atoms with Crippen molar-refractivity contribution in [3.05, 3.63) is 0 Å². The molecule has 0 heterocycles. The van der Waals surface area contributed by atoms with Crippen LogP contribution in [0.25, 0.3) is 0 Å². The van der Waals surface area contributed by atoms with Crippen molar-refractivity contribution in [3.8, 4) is 0 Å². The van der Waals surface area contributed by atoms with Crippen LogP contribution in [0, 0.1) is 5.92 Å². The predicted octanol–water partition coefficient (Wildman–Crippen LogP) is 13.6. The Kier molecular flexibility index (Phi) is 42.8. The average Bonchev–Trinajstić information content (AvgIpc) is 3.23. The van der Waals surface area contributed by atoms with E-state index in [9.17, 15) is 14.4 Å². The molecule has 0 fully saturated rings. The van der Waals surface area contributed by atoms with Gasteiger partial charge in [0.15, 0.2) is 0 Å². The Morgan fingerprint density at radius 1 is 0.407 bits per heavy atom. The van der Waals surface area contributed by atoms with E-state index < -0.39 is 6.16 Å². The molecule has 0 aromatic carbocycles. The molecular formula is C50H98N2O7. The van der Waals surface area contributed by atoms with Crippen molar-refractivity contribution in [1.82, 2.24) is 9.80 Å². The van der Waals surface area contributed by atoms with Gasteiger partial charge in [0.1, 0.15) is 6.10 Å². The molecule has 9 nitrogen and oxygen atoms in total. The van der Waals surface area contributed by atoms with Crippen LogP contribution in [0.5, 0.6) is 0 Å². The van der Waals surface area contributed by atoms with E-state index >= 15 is 0 Å². The van der Waals surface area contributed by atoms with E-state index in [1.165, 1.54) is 89.9 Å². The molecule has 0 rings (SSSR count). The van der Waals surface area contributed by atoms with Crippen LogP contribution >= 0.6 is 0 Å². The van der Waals surface area contributed by atoms with Gasteiger partial charge in [-0.25, -0.2) is 4.79 Å². The molecule has 0 bridgehead atoms. The fraction of sp³-hybridized carbons (Fsp3) is 0.940. The maximum Gasteiger partial charge on any atom is 0.508 e. The third kappa shape index (κ3) is 37.6. The van der Waals surface area contributed by atoms with E-state index in [4.69, 9.17) is 18.9 Å². The van der Waals surface area contributed by atoms with Crippen LogP contribution in [0.3, 0.4) is 0 Å². The normalized spacial score (nSPS) is 12.1. The first-order valence-electron chi connectivity index (χ1n) is 25.4. The molecule has 0 radical (unpaired) electrons. The lowest BCUT2D eigenvalue weighted by Gasteiger charge is -2.26. The maximum absolute atomic E-state index is 13.3. The molecule has 59 heavy (non-hydrogen) atoms. The summed E-state index contributed by atoms with van der Waals surface area (Å²) in [6.07, 6.45) is 31.2. The Bertz CT molecular complexity index is 915. The van der Waals surface area contributed by atoms with Gasteiger partial charge in [0, 0.05) is 32.6 Å². The number of carbonyl (C=O) groups excluding carboxylic acids is 3. The van der Waals surface area contributed by atoms with Gasteiger partial charge in [-0.3, -0.25) is 9.59 Å². The number of carbonyl (C=O) groups is 3. The molecule has 350 valence electrons. The second-order valence-electron chi connectivity index (χ2n) is 17.1. The van der Waals surface area contributed by atoms with Crippen molar-refractivity contribution < 1.29 is 33.3 Å². The molecule has 1 unspecified atom stereocenters. The van der Waals surface area contributed by atoms with Gasteiger partial charge in [0.05, 0.1) is 25.7 Å². The van der Waals surface area contributed by atoms with E-state index in [1.54, 1.807) is 0 Å². The molecule has 0 aliphatic carbocycles. The van der Waals surface area contributed by atoms with E-state index in [2.05, 4.69) is 51.3 Å². The number of ether oxygens (including phenoxy) is 4. The summed E-state index contributed by atoms with van der Waals surface area (Å²) in [5, 5.41) is 0. The SMILES string of the molecule is CCCCCCCCC(CCCCCCCC)C(=O)OCCCN(CCCOC(=O)OC(CCCCCC)CCCCC(=O)OCCCCCCC)CCN(CC)CC. The van der Waals surface area contributed by atoms with Gasteiger partial charge in [0.2, 0.25) is 0 Å². The van der Waals surface area contributed by atoms with Gasteiger partial charge in [-0.2, -0.15) is 0 Å². The minimum Gasteiger partial charge on any atom is -0.466 e. The average molecular weight is 839 g/mol. The number of nitrogens with zero attached hydrogens (tertiary/aromatic N) is 2. The highest BCUT2D eigenvalue weighted by Gasteiger charge is 2.20. The Labute approximate surface area is 365 Å². The third-order valence-corrected chi connectivity index (χ3v) is 11.8. The minimum absolute atomic E-state index is 0.00314. The monoisotopic (exact) mass is 839 g/mol. The molecular weight excluding hydrogens is 741 g/mol. The summed E-state index contributed by atoms with van der Waals surface area (Å²) in [6, 6.07) is 0. The molecule has 0 aliphatic rings. The van der Waals surface area contributed by atoms with Crippen LogP contribution in [0.2, 0.25) is 0 Å². The van der Waals surface area contributed by atoms with Gasteiger partial charge in [-0.15, -0.1) is 0 Å². The summed E-state index contributed by atoms with van der Waals surface area (Å²) in [5.74, 6) is -0.0976. The summed E-state index contributed by atoms with van der Waals surface area (Å²) in [6.45, 7) is 20.1. The van der Waals surface area contributed by atoms with Crippen LogP contribution in [0.4, 0.5) is 4.79 Å². The highest BCUT2D eigenvalue weighted by molar-refractivity contribution is 5.72. The largest absolute Gasteiger partial charge is 0.508 e. The lowest BCUT2D eigenvalue weighted by atomic mass is 9.94. The molecule has 0 spiro atoms. The zero-order valence-corrected chi connectivity index (χ0v) is 40.0. The Morgan fingerprint density at radius 2 is 0.831 bits per heavy atom. The van der Waals surface area contributed by atoms with Crippen LogP contribution in [0.1, 0.15) is 234 Å². The quantitative estimate of drug-likeness (QED) is 0.0337. The number of hydrogen-bond donors (Lipinski definition) is 0. The van der Waals surface area contributed by atoms with E-state index in [-0.39, 0.29) is 24.0 Å². The minimum atomic E-state index is -0.592. The predicted molar refractivity (Wildman–Crippen MR) is 247 cm³/mol. The maximum atomic E-state index is 13.3. The molecule has 0 aromatic heterocycles. The van der Waals surface area contributed by atoms with Gasteiger partial charge < -0.3 is 28.7 Å². The smallest absolute Gasteiger partial charge is 0.466 e. The van der Waals surface area contributed by atoms with Gasteiger partial charge in [0.25, 0.3) is 0 Å². The first-order chi connectivity index (χ1) is 28.8. The van der Waals surface area contributed by atoms with Crippen LogP contribution in [-0.4, -0.2) is 93.1 Å². The fourth-order valence-electron chi connectivity index (χ4n) is 7.74. The number of rotatable bonds is 45. The fourth-order valence-corrected chi connectivity index (χ4v) is 7.74. The van der Waals surface area contributed by atoms with Crippen molar-refractivity contribution >= 4 is 18.1 Å². The number of hydrogen-bond acceptors (Lipinski definition) is 9. The molecule has 0 N–H and O–H groups in total. The third-order valence-electron chi connectivity index (χ3n) is 11.8. The lowest BCUT2D eigenvalue weighted by Crippen LogP contribution is -2.37. The summed E-state index contributed by atoms with van der Waals surface area (Å²) < 4.78 is 22.8. The molecule has 9 heteroatoms. The summed E-state index contributed by atoms with van der Waals surface area (Å²) in [5.41, 5.74) is 0. The molecule has 0 aliphatic heterocycles. The van der Waals surface area contributed by atoms with Crippen LogP contribution in [-0.2, 0) is 28.5 Å². The van der Waals surface area contributed by atoms with Crippen molar-refractivity contribution in [2.75, 3.05) is 59.1 Å². The van der Waals surface area contributed by atoms with Gasteiger partial charge in [-0.05, 0) is 77.3 Å². The second kappa shape index (κ2) is 44.2. The van der Waals surface area contributed by atoms with E-state index in [0.717, 1.165) is 129 Å². The van der Waals surface area contributed by atoms with Crippen molar-refractivity contribution in [2.24, 2.45) is 5.92 Å². The Hall–Kier alpha value is -1.87. The number of esters is 2. The molecule has 0 amide bonds. The Balaban J connectivity index is 4.89. The zero-order chi connectivity index (χ0) is 43.4. The Morgan fingerprint density at radius 3 is 1.37 bits per heavy atom. The molecule has 0 aromatic rings. The van der Waals surface area contributed by atoms with Crippen LogP contribution in [0.15, 0.2) is 0 Å². The van der Waals surface area contributed by atoms with Gasteiger partial charge >= 0.3 is 18.1 Å². The lowest BCUT2D eigenvalue weighted by molar-refractivity contribution is -0.149. The molecule has 0 saturated carbocycles. The van der Waals surface area contributed by atoms with Crippen LogP contribution < -0.4 is 0 Å². The highest BCUT2D eigenvalue weighted by Crippen LogP contribution is 2.21. The first kappa shape index (κ1) is 57.1. The zero-order valence-electron chi connectivity index (χ0n) is 40.0. The standard InChI is InChI=1S/C50H98N2O7/c1-7-13-17-21-23-26-34-46(35-27-24-22-18-14-8-2)49(54)57-44-32-39-52(42-41-51(11-5)12-6)40-33-45-58-50(55)59-47(36-28-20-16-10-4)37-29-30-38-48(53)56-43-31-25-19-15-9-3/h46-47H,7-45H2,1-6H3. The first-order valence-corrected chi connectivity index (χ1v) is 25.4. The van der Waals surface area contributed by atoms with Crippen molar-refractivity contribution in [3.63, 3.8) is 0 Å². The topological polar surface area (TPSA) is 94.6 Å². The number of likely N-dealkylation sites (N-methyl/N-ethyl adjacent to an activating group) is 1. The second-order valence-corrected chi connectivity index (χ2v) is 17.1. The van der Waals surface area contributed by atoms with Crippen molar-refractivity contribution in [1.29, 1.82) is 0 Å². The van der Waals surface area contributed by atoms with Gasteiger partial charge in [-0.1, -0.05) is 164 Å². The highest BCUT2D eigenvalue weighted by atomic mass is 16.7. The number of unbranched alkanes of at least 4 members (excludes halogenated alkanes) is 18. The molecule has 0 saturated heterocycles. The summed E-state index contributed by atoms with van der Waals surface area (Å²) >= 11 is 0. The summed E-state index contributed by atoms with van der Waals surface area (Å²) in [7, 11) is 0. The molecule has 1 atom stereocenters. The van der Waals surface area contributed by atoms with E-state index in [0.29, 0.717) is 32.7 Å². The van der Waals surface area contributed by atoms with Crippen molar-refractivity contribution in [2.45, 2.75) is 240 Å². The summed E-state index contributed by atoms with van der Waals surface area (Å²) in [4.78, 5) is 43.2. The van der Waals surface area contributed by atoms with E-state index in [1.807, 2.05) is 0 Å².